The summed E-state index contributed by atoms with van der Waals surface area (Å²) in [5, 5.41) is 9.18. The fourth-order valence-corrected chi connectivity index (χ4v) is 2.63. The van der Waals surface area contributed by atoms with Crippen LogP contribution in [0.25, 0.3) is 17.1 Å². The summed E-state index contributed by atoms with van der Waals surface area (Å²) < 4.78 is 7.80. The second kappa shape index (κ2) is 4.74. The molecule has 0 fully saturated rings. The predicted octanol–water partition coefficient (Wildman–Crippen LogP) is 3.69. The molecule has 0 aliphatic heterocycles. The Morgan fingerprint density at radius 1 is 1.24 bits per heavy atom. The number of imidazole rings is 1. The number of nitrogens with zero attached hydrogens (tertiary/aromatic N) is 2. The molecule has 1 N–H and O–H groups in total. The van der Waals surface area contributed by atoms with Gasteiger partial charge in [0.1, 0.15) is 23.7 Å². The summed E-state index contributed by atoms with van der Waals surface area (Å²) in [6.45, 7) is 8.44. The Balaban J connectivity index is 2.30. The maximum absolute atomic E-state index is 9.18. The van der Waals surface area contributed by atoms with Crippen molar-refractivity contribution in [3.8, 4) is 11.5 Å². The highest BCUT2D eigenvalue weighted by Gasteiger charge is 2.26. The van der Waals surface area contributed by atoms with E-state index >= 15 is 0 Å². The molecule has 4 nitrogen and oxygen atoms in total. The zero-order valence-electron chi connectivity index (χ0n) is 12.8. The first-order valence-electron chi connectivity index (χ1n) is 7.09. The number of hydrogen-bond donors (Lipinski definition) is 1. The van der Waals surface area contributed by atoms with Crippen LogP contribution in [0.4, 0.5) is 0 Å². The van der Waals surface area contributed by atoms with Crippen LogP contribution in [-0.2, 0) is 12.0 Å². The van der Waals surface area contributed by atoms with E-state index < -0.39 is 0 Å². The van der Waals surface area contributed by atoms with Crippen LogP contribution < -0.4 is 0 Å². The summed E-state index contributed by atoms with van der Waals surface area (Å²) in [6, 6.07) is 7.80. The van der Waals surface area contributed by atoms with Gasteiger partial charge in [-0.3, -0.25) is 0 Å². The molecule has 0 radical (unpaired) electrons. The van der Waals surface area contributed by atoms with Crippen molar-refractivity contribution >= 4 is 5.65 Å². The van der Waals surface area contributed by atoms with Crippen molar-refractivity contribution < 1.29 is 9.52 Å². The van der Waals surface area contributed by atoms with E-state index in [1.54, 1.807) is 6.07 Å². The van der Waals surface area contributed by atoms with Crippen LogP contribution >= 0.6 is 0 Å². The third-order valence-corrected chi connectivity index (χ3v) is 3.54. The summed E-state index contributed by atoms with van der Waals surface area (Å²) in [4.78, 5) is 4.75. The fraction of sp³-hybridized carbons (Fsp3) is 0.353. The molecule has 4 heteroatoms. The number of pyridine rings is 1. The van der Waals surface area contributed by atoms with E-state index in [2.05, 4.69) is 50.4 Å². The standard InChI is InChI=1S/C17H20N2O2/c1-11-7-8-19-14(9-11)18-15(16(19)17(2,3)4)13-6-5-12(10-20)21-13/h5-9,20H,10H2,1-4H3. The van der Waals surface area contributed by atoms with Gasteiger partial charge in [0.05, 0.1) is 5.69 Å². The molecule has 0 aliphatic carbocycles. The Morgan fingerprint density at radius 3 is 2.62 bits per heavy atom. The Hall–Kier alpha value is -2.07. The van der Waals surface area contributed by atoms with Crippen molar-refractivity contribution in [2.24, 2.45) is 0 Å². The minimum atomic E-state index is -0.0999. The van der Waals surface area contributed by atoms with E-state index in [9.17, 15) is 5.11 Å². The number of rotatable bonds is 2. The minimum Gasteiger partial charge on any atom is -0.457 e. The van der Waals surface area contributed by atoms with Gasteiger partial charge < -0.3 is 13.9 Å². The molecule has 0 atom stereocenters. The minimum absolute atomic E-state index is 0.0732. The van der Waals surface area contributed by atoms with Gasteiger partial charge in [-0.05, 0) is 36.8 Å². The van der Waals surface area contributed by atoms with Gasteiger partial charge >= 0.3 is 0 Å². The van der Waals surface area contributed by atoms with Crippen molar-refractivity contribution in [1.82, 2.24) is 9.38 Å². The molecule has 3 heterocycles. The molecule has 0 spiro atoms. The summed E-state index contributed by atoms with van der Waals surface area (Å²) in [5.74, 6) is 1.25. The van der Waals surface area contributed by atoms with Gasteiger partial charge in [-0.15, -0.1) is 0 Å². The van der Waals surface area contributed by atoms with Crippen molar-refractivity contribution in [1.29, 1.82) is 0 Å². The summed E-state index contributed by atoms with van der Waals surface area (Å²) >= 11 is 0. The lowest BCUT2D eigenvalue weighted by Gasteiger charge is -2.19. The fourth-order valence-electron chi connectivity index (χ4n) is 2.63. The quantitative estimate of drug-likeness (QED) is 0.780. The lowest BCUT2D eigenvalue weighted by Crippen LogP contribution is -2.15. The topological polar surface area (TPSA) is 50.7 Å². The SMILES string of the molecule is Cc1ccn2c(C(C)(C)C)c(-c3ccc(CO)o3)nc2c1. The van der Waals surface area contributed by atoms with Crippen molar-refractivity contribution in [2.45, 2.75) is 39.7 Å². The molecular formula is C17H20N2O2. The normalized spacial score (nSPS) is 12.2. The van der Waals surface area contributed by atoms with Crippen LogP contribution in [0, 0.1) is 6.92 Å². The van der Waals surface area contributed by atoms with Gasteiger partial charge in [0, 0.05) is 11.6 Å². The van der Waals surface area contributed by atoms with Crippen LogP contribution in [0.2, 0.25) is 0 Å². The lowest BCUT2D eigenvalue weighted by molar-refractivity contribution is 0.248. The van der Waals surface area contributed by atoms with Gasteiger partial charge in [-0.25, -0.2) is 4.98 Å². The van der Waals surface area contributed by atoms with Gasteiger partial charge in [0.25, 0.3) is 0 Å². The molecule has 3 rings (SSSR count). The highest BCUT2D eigenvalue weighted by atomic mass is 16.4. The average molecular weight is 284 g/mol. The molecule has 0 aliphatic rings. The van der Waals surface area contributed by atoms with Gasteiger partial charge in [-0.1, -0.05) is 20.8 Å². The number of aliphatic hydroxyl groups is 1. The van der Waals surface area contributed by atoms with E-state index in [1.807, 2.05) is 6.07 Å². The molecule has 0 aromatic carbocycles. The second-order valence-electron chi connectivity index (χ2n) is 6.42. The Labute approximate surface area is 124 Å². The van der Waals surface area contributed by atoms with Crippen LogP contribution in [0.1, 0.15) is 37.8 Å². The third-order valence-electron chi connectivity index (χ3n) is 3.54. The average Bonchev–Trinajstić information content (AvgIpc) is 3.00. The molecule has 0 saturated heterocycles. The smallest absolute Gasteiger partial charge is 0.154 e. The number of aliphatic hydroxyl groups excluding tert-OH is 1. The van der Waals surface area contributed by atoms with Gasteiger partial charge in [0.2, 0.25) is 0 Å². The highest BCUT2D eigenvalue weighted by molar-refractivity contribution is 5.64. The zero-order chi connectivity index (χ0) is 15.2. The number of hydrogen-bond acceptors (Lipinski definition) is 3. The number of aryl methyl sites for hydroxylation is 1. The zero-order valence-corrected chi connectivity index (χ0v) is 12.8. The molecule has 110 valence electrons. The van der Waals surface area contributed by atoms with Crippen LogP contribution in [0.15, 0.2) is 34.9 Å². The number of aromatic nitrogens is 2. The van der Waals surface area contributed by atoms with Crippen LogP contribution in [-0.4, -0.2) is 14.5 Å². The Kier molecular flexibility index (Phi) is 3.14. The molecule has 0 amide bonds. The summed E-state index contributed by atoms with van der Waals surface area (Å²) in [6.07, 6.45) is 2.05. The second-order valence-corrected chi connectivity index (χ2v) is 6.42. The first-order chi connectivity index (χ1) is 9.90. The monoisotopic (exact) mass is 284 g/mol. The van der Waals surface area contributed by atoms with Crippen molar-refractivity contribution in [2.75, 3.05) is 0 Å². The third kappa shape index (κ3) is 2.36. The molecule has 3 aromatic rings. The molecule has 3 aromatic heterocycles. The molecular weight excluding hydrogens is 264 g/mol. The lowest BCUT2D eigenvalue weighted by atomic mass is 9.90. The number of furan rings is 1. The molecule has 21 heavy (non-hydrogen) atoms. The largest absolute Gasteiger partial charge is 0.457 e. The van der Waals surface area contributed by atoms with Crippen molar-refractivity contribution in [3.63, 3.8) is 0 Å². The van der Waals surface area contributed by atoms with Crippen LogP contribution in [0.5, 0.6) is 0 Å². The van der Waals surface area contributed by atoms with Gasteiger partial charge in [-0.2, -0.15) is 0 Å². The first-order valence-corrected chi connectivity index (χ1v) is 7.09. The van der Waals surface area contributed by atoms with E-state index in [-0.39, 0.29) is 12.0 Å². The molecule has 0 bridgehead atoms. The van der Waals surface area contributed by atoms with Gasteiger partial charge in [0.15, 0.2) is 5.76 Å². The summed E-state index contributed by atoms with van der Waals surface area (Å²) in [7, 11) is 0. The molecule has 0 saturated carbocycles. The first kappa shape index (κ1) is 13.9. The predicted molar refractivity (Wildman–Crippen MR) is 82.3 cm³/mol. The Morgan fingerprint density at radius 2 is 2.00 bits per heavy atom. The van der Waals surface area contributed by atoms with E-state index in [1.165, 1.54) is 5.56 Å². The van der Waals surface area contributed by atoms with E-state index in [0.29, 0.717) is 11.5 Å². The van der Waals surface area contributed by atoms with Crippen molar-refractivity contribution in [3.05, 3.63) is 47.5 Å². The van der Waals surface area contributed by atoms with E-state index in [0.717, 1.165) is 17.0 Å². The van der Waals surface area contributed by atoms with Crippen LogP contribution in [0.3, 0.4) is 0 Å². The molecule has 0 unspecified atom stereocenters. The maximum atomic E-state index is 9.18. The Bertz CT molecular complexity index is 791. The number of fused-ring (bicyclic) bond motifs is 1. The highest BCUT2D eigenvalue weighted by Crippen LogP contribution is 2.34. The van der Waals surface area contributed by atoms with E-state index in [4.69, 9.17) is 9.40 Å². The summed E-state index contributed by atoms with van der Waals surface area (Å²) in [5.41, 5.74) is 3.96. The maximum Gasteiger partial charge on any atom is 0.154 e.